The van der Waals surface area contributed by atoms with Gasteiger partial charge in [-0.3, -0.25) is 4.90 Å². The second-order valence-electron chi connectivity index (χ2n) is 8.97. The molecule has 1 fully saturated rings. The fraction of sp³-hybridized carbons (Fsp3) is 1.00. The van der Waals surface area contributed by atoms with E-state index in [0.717, 1.165) is 32.7 Å². The first-order valence-electron chi connectivity index (χ1n) is 8.53. The molecule has 1 heterocycles. The average Bonchev–Trinajstić information content (AvgIpc) is 2.34. The normalized spacial score (nSPS) is 25.6. The third-order valence-corrected chi connectivity index (χ3v) is 4.89. The van der Waals surface area contributed by atoms with E-state index in [9.17, 15) is 0 Å². The van der Waals surface area contributed by atoms with Crippen molar-refractivity contribution in [2.75, 3.05) is 33.4 Å². The quantitative estimate of drug-likeness (QED) is 0.813. The Morgan fingerprint density at radius 3 is 2.29 bits per heavy atom. The van der Waals surface area contributed by atoms with Crippen molar-refractivity contribution in [1.82, 2.24) is 10.2 Å². The van der Waals surface area contributed by atoms with E-state index in [4.69, 9.17) is 4.74 Å². The molecule has 0 saturated carbocycles. The summed E-state index contributed by atoms with van der Waals surface area (Å²) in [4.78, 5) is 2.73. The third kappa shape index (κ3) is 5.88. The minimum Gasteiger partial charge on any atom is -0.385 e. The van der Waals surface area contributed by atoms with Crippen LogP contribution in [0, 0.1) is 16.7 Å². The van der Waals surface area contributed by atoms with Crippen LogP contribution in [0.3, 0.4) is 0 Å². The van der Waals surface area contributed by atoms with Gasteiger partial charge in [-0.15, -0.1) is 0 Å². The van der Waals surface area contributed by atoms with E-state index in [-0.39, 0.29) is 0 Å². The van der Waals surface area contributed by atoms with Crippen molar-refractivity contribution in [3.63, 3.8) is 0 Å². The minimum atomic E-state index is 0.308. The maximum atomic E-state index is 5.29. The van der Waals surface area contributed by atoms with E-state index in [1.807, 2.05) is 0 Å². The fourth-order valence-electron chi connectivity index (χ4n) is 3.25. The van der Waals surface area contributed by atoms with Crippen molar-refractivity contribution in [3.05, 3.63) is 0 Å². The van der Waals surface area contributed by atoms with E-state index in [0.29, 0.717) is 28.8 Å². The molecule has 0 aromatic rings. The second-order valence-corrected chi connectivity index (χ2v) is 8.97. The van der Waals surface area contributed by atoms with Gasteiger partial charge in [0.15, 0.2) is 0 Å². The summed E-state index contributed by atoms with van der Waals surface area (Å²) in [6, 6.07) is 1.22. The molecule has 0 bridgehead atoms. The molecule has 1 aliphatic heterocycles. The van der Waals surface area contributed by atoms with Crippen molar-refractivity contribution < 1.29 is 4.74 Å². The number of piperazine rings is 1. The topological polar surface area (TPSA) is 24.5 Å². The van der Waals surface area contributed by atoms with Crippen LogP contribution in [0.15, 0.2) is 0 Å². The Hall–Kier alpha value is -0.120. The smallest absolute Gasteiger partial charge is 0.0467 e. The van der Waals surface area contributed by atoms with E-state index < -0.39 is 0 Å². The van der Waals surface area contributed by atoms with Crippen molar-refractivity contribution in [2.24, 2.45) is 16.7 Å². The summed E-state index contributed by atoms with van der Waals surface area (Å²) in [5.74, 6) is 0.691. The summed E-state index contributed by atoms with van der Waals surface area (Å²) in [6.45, 7) is 20.7. The zero-order chi connectivity index (χ0) is 16.3. The van der Waals surface area contributed by atoms with Crippen LogP contribution in [0.4, 0.5) is 0 Å². The summed E-state index contributed by atoms with van der Waals surface area (Å²) < 4.78 is 5.29. The molecule has 1 saturated heterocycles. The summed E-state index contributed by atoms with van der Waals surface area (Å²) in [6.07, 6.45) is 1.12. The SMILES string of the molecule is COCCC(C)(C)CN1CC(C(C)(C)C)NCC1C(C)C. The number of nitrogens with zero attached hydrogens (tertiary/aromatic N) is 1. The van der Waals surface area contributed by atoms with Crippen LogP contribution in [0.2, 0.25) is 0 Å². The zero-order valence-electron chi connectivity index (χ0n) is 15.6. The minimum absolute atomic E-state index is 0.308. The molecular formula is C18H38N2O. The van der Waals surface area contributed by atoms with E-state index in [1.54, 1.807) is 7.11 Å². The van der Waals surface area contributed by atoms with Crippen LogP contribution < -0.4 is 5.32 Å². The van der Waals surface area contributed by atoms with Crippen LogP contribution in [0.5, 0.6) is 0 Å². The van der Waals surface area contributed by atoms with E-state index in [1.165, 1.54) is 0 Å². The van der Waals surface area contributed by atoms with Crippen molar-refractivity contribution >= 4 is 0 Å². The average molecular weight is 299 g/mol. The van der Waals surface area contributed by atoms with Gasteiger partial charge >= 0.3 is 0 Å². The molecule has 3 heteroatoms. The molecule has 126 valence electrons. The molecule has 0 spiro atoms. The lowest BCUT2D eigenvalue weighted by Crippen LogP contribution is -2.62. The molecule has 3 nitrogen and oxygen atoms in total. The van der Waals surface area contributed by atoms with Crippen LogP contribution >= 0.6 is 0 Å². The number of methoxy groups -OCH3 is 1. The predicted octanol–water partition coefficient (Wildman–Crippen LogP) is 3.39. The Labute approximate surface area is 132 Å². The molecule has 1 rings (SSSR count). The number of ether oxygens (including phenoxy) is 1. The van der Waals surface area contributed by atoms with Crippen LogP contribution in [0.1, 0.15) is 54.9 Å². The third-order valence-electron chi connectivity index (χ3n) is 4.89. The van der Waals surface area contributed by atoms with Crippen molar-refractivity contribution in [2.45, 2.75) is 67.0 Å². The first kappa shape index (κ1) is 18.9. The van der Waals surface area contributed by atoms with Crippen molar-refractivity contribution in [1.29, 1.82) is 0 Å². The summed E-state index contributed by atoms with van der Waals surface area (Å²) in [5, 5.41) is 3.78. The van der Waals surface area contributed by atoms with Crippen molar-refractivity contribution in [3.8, 4) is 0 Å². The first-order chi connectivity index (χ1) is 9.57. The Morgan fingerprint density at radius 2 is 1.81 bits per heavy atom. The van der Waals surface area contributed by atoms with Gasteiger partial charge in [-0.05, 0) is 23.2 Å². The highest BCUT2D eigenvalue weighted by molar-refractivity contribution is 4.94. The summed E-state index contributed by atoms with van der Waals surface area (Å²) in [5.41, 5.74) is 0.625. The molecule has 0 aromatic heterocycles. The van der Waals surface area contributed by atoms with Crippen LogP contribution in [-0.4, -0.2) is 50.3 Å². The Morgan fingerprint density at radius 1 is 1.19 bits per heavy atom. The maximum absolute atomic E-state index is 5.29. The lowest BCUT2D eigenvalue weighted by Gasteiger charge is -2.48. The Bertz CT molecular complexity index is 307. The molecule has 0 amide bonds. The van der Waals surface area contributed by atoms with Crippen LogP contribution in [0.25, 0.3) is 0 Å². The second kappa shape index (κ2) is 7.43. The highest BCUT2D eigenvalue weighted by Crippen LogP contribution is 2.29. The highest BCUT2D eigenvalue weighted by Gasteiger charge is 2.37. The van der Waals surface area contributed by atoms with E-state index >= 15 is 0 Å². The largest absolute Gasteiger partial charge is 0.385 e. The highest BCUT2D eigenvalue weighted by atomic mass is 16.5. The predicted molar refractivity (Wildman–Crippen MR) is 91.7 cm³/mol. The van der Waals surface area contributed by atoms with Gasteiger partial charge in [0.1, 0.15) is 0 Å². The standard InChI is InChI=1S/C18H38N2O/c1-14(2)15-11-19-16(17(3,4)5)12-20(15)13-18(6,7)9-10-21-8/h14-16,19H,9-13H2,1-8H3. The summed E-state index contributed by atoms with van der Waals surface area (Å²) >= 11 is 0. The molecule has 2 unspecified atom stereocenters. The lowest BCUT2D eigenvalue weighted by atomic mass is 9.81. The number of rotatable bonds is 6. The molecule has 1 N–H and O–H groups in total. The molecule has 2 atom stereocenters. The van der Waals surface area contributed by atoms with Gasteiger partial charge < -0.3 is 10.1 Å². The fourth-order valence-corrected chi connectivity index (χ4v) is 3.25. The Kier molecular flexibility index (Phi) is 6.70. The van der Waals surface area contributed by atoms with Gasteiger partial charge in [-0.1, -0.05) is 48.5 Å². The van der Waals surface area contributed by atoms with E-state index in [2.05, 4.69) is 58.7 Å². The zero-order valence-corrected chi connectivity index (χ0v) is 15.6. The number of hydrogen-bond donors (Lipinski definition) is 1. The Balaban J connectivity index is 2.76. The molecular weight excluding hydrogens is 260 g/mol. The number of nitrogens with one attached hydrogen (secondary N) is 1. The maximum Gasteiger partial charge on any atom is 0.0467 e. The molecule has 1 aliphatic rings. The van der Waals surface area contributed by atoms with Gasteiger partial charge in [-0.2, -0.15) is 0 Å². The first-order valence-corrected chi connectivity index (χ1v) is 8.53. The van der Waals surface area contributed by atoms with Gasteiger partial charge in [0.05, 0.1) is 0 Å². The number of hydrogen-bond acceptors (Lipinski definition) is 3. The van der Waals surface area contributed by atoms with Gasteiger partial charge in [-0.25, -0.2) is 0 Å². The summed E-state index contributed by atoms with van der Waals surface area (Å²) in [7, 11) is 1.80. The van der Waals surface area contributed by atoms with Crippen LogP contribution in [-0.2, 0) is 4.74 Å². The lowest BCUT2D eigenvalue weighted by molar-refractivity contribution is 0.0261. The molecule has 0 aliphatic carbocycles. The molecule has 0 radical (unpaired) electrons. The monoisotopic (exact) mass is 298 g/mol. The van der Waals surface area contributed by atoms with Gasteiger partial charge in [0.2, 0.25) is 0 Å². The molecule has 0 aromatic carbocycles. The molecule has 21 heavy (non-hydrogen) atoms. The van der Waals surface area contributed by atoms with Gasteiger partial charge in [0, 0.05) is 45.4 Å². The van der Waals surface area contributed by atoms with Gasteiger partial charge in [0.25, 0.3) is 0 Å².